The maximum Gasteiger partial charge on any atom is 0.309 e. The van der Waals surface area contributed by atoms with E-state index >= 15 is 0 Å². The number of aliphatic carboxylic acids is 1. The highest BCUT2D eigenvalue weighted by Crippen LogP contribution is 2.40. The number of unbranched alkanes of at least 4 members (excludes halogenated alkanes) is 13. The summed E-state index contributed by atoms with van der Waals surface area (Å²) in [4.78, 5) is 12.2. The zero-order chi connectivity index (χ0) is 30.4. The third-order valence-electron chi connectivity index (χ3n) is 8.87. The molecule has 8 nitrogen and oxygen atoms in total. The predicted octanol–water partition coefficient (Wildman–Crippen LogP) is 5.19. The zero-order valence-corrected chi connectivity index (χ0v) is 25.9. The molecule has 0 heterocycles. The van der Waals surface area contributed by atoms with Gasteiger partial charge in [0.1, 0.15) is 12.2 Å². The maximum atomic E-state index is 12.2. The van der Waals surface area contributed by atoms with Gasteiger partial charge in [-0.1, -0.05) is 124 Å². The average Bonchev–Trinajstić information content (AvgIpc) is 2.94. The predicted molar refractivity (Wildman–Crippen MR) is 160 cm³/mol. The molecule has 0 radical (unpaired) electrons. The van der Waals surface area contributed by atoms with E-state index in [1.165, 1.54) is 44.9 Å². The van der Waals surface area contributed by atoms with Crippen molar-refractivity contribution in [3.63, 3.8) is 0 Å². The van der Waals surface area contributed by atoms with Crippen molar-refractivity contribution >= 4 is 5.97 Å². The summed E-state index contributed by atoms with van der Waals surface area (Å²) in [5, 5.41) is 72.6. The lowest BCUT2D eigenvalue weighted by molar-refractivity contribution is -0.168. The maximum absolute atomic E-state index is 12.2. The molecule has 40 heavy (non-hydrogen) atoms. The summed E-state index contributed by atoms with van der Waals surface area (Å²) < 4.78 is 0. The monoisotopic (exact) mass is 576 g/mol. The highest BCUT2D eigenvalue weighted by atomic mass is 16.4. The minimum atomic E-state index is -1.74. The summed E-state index contributed by atoms with van der Waals surface area (Å²) in [5.41, 5.74) is -1.74. The molecule has 0 aliphatic rings. The van der Waals surface area contributed by atoms with Crippen molar-refractivity contribution in [3.05, 3.63) is 0 Å². The van der Waals surface area contributed by atoms with Gasteiger partial charge < -0.3 is 35.7 Å². The smallest absolute Gasteiger partial charge is 0.309 e. The first kappa shape index (κ1) is 39.2. The standard InChI is InChI=1S/C32H64O8/c1-4-7-9-11-13-14-15-17-19-21-26(20-18-16-12-10-8-5-2)32(40,28(36)24-34)22-25(6-3)29(31(38)39)30(37)27(35)23-33/h25-30,33-37,40H,4-24H2,1-3H3,(H,38,39). The Morgan fingerprint density at radius 2 is 1.10 bits per heavy atom. The van der Waals surface area contributed by atoms with E-state index in [-0.39, 0.29) is 18.8 Å². The molecule has 240 valence electrons. The first-order chi connectivity index (χ1) is 19.1. The summed E-state index contributed by atoms with van der Waals surface area (Å²) in [6.45, 7) is 4.68. The summed E-state index contributed by atoms with van der Waals surface area (Å²) in [6, 6.07) is 0. The minimum absolute atomic E-state index is 0.130. The molecular weight excluding hydrogens is 512 g/mol. The number of hydrogen-bond acceptors (Lipinski definition) is 7. The third kappa shape index (κ3) is 14.9. The zero-order valence-electron chi connectivity index (χ0n) is 25.9. The van der Waals surface area contributed by atoms with Crippen molar-refractivity contribution in [2.24, 2.45) is 17.8 Å². The van der Waals surface area contributed by atoms with Crippen molar-refractivity contribution in [1.29, 1.82) is 0 Å². The molecule has 0 saturated heterocycles. The largest absolute Gasteiger partial charge is 0.481 e. The fraction of sp³-hybridized carbons (Fsp3) is 0.969. The highest BCUT2D eigenvalue weighted by molar-refractivity contribution is 5.71. The lowest BCUT2D eigenvalue weighted by Gasteiger charge is -2.43. The van der Waals surface area contributed by atoms with E-state index in [2.05, 4.69) is 13.8 Å². The molecule has 0 aliphatic carbocycles. The second kappa shape index (κ2) is 23.8. The fourth-order valence-corrected chi connectivity index (χ4v) is 6.17. The van der Waals surface area contributed by atoms with Gasteiger partial charge in [-0.25, -0.2) is 0 Å². The van der Waals surface area contributed by atoms with Crippen LogP contribution in [0.2, 0.25) is 0 Å². The van der Waals surface area contributed by atoms with Gasteiger partial charge in [-0.2, -0.15) is 0 Å². The van der Waals surface area contributed by atoms with Gasteiger partial charge in [0.2, 0.25) is 0 Å². The Morgan fingerprint density at radius 3 is 1.45 bits per heavy atom. The second-order valence-corrected chi connectivity index (χ2v) is 12.0. The Kier molecular flexibility index (Phi) is 23.3. The van der Waals surface area contributed by atoms with Crippen LogP contribution in [-0.2, 0) is 4.79 Å². The van der Waals surface area contributed by atoms with Crippen LogP contribution in [0.15, 0.2) is 0 Å². The molecule has 0 aromatic carbocycles. The number of aliphatic hydroxyl groups excluding tert-OH is 5. The SMILES string of the molecule is CCCCCCCCCCCC(CCCCCCCC)C(O)(CC(CC)C(C(=O)O)C(O)C(O)CO)C(O)CO. The Bertz CT molecular complexity index is 603. The first-order valence-corrected chi connectivity index (χ1v) is 16.3. The van der Waals surface area contributed by atoms with Gasteiger partial charge in [0.05, 0.1) is 30.8 Å². The van der Waals surface area contributed by atoms with Gasteiger partial charge in [0.15, 0.2) is 0 Å². The van der Waals surface area contributed by atoms with E-state index in [1.54, 1.807) is 6.92 Å². The van der Waals surface area contributed by atoms with Crippen LogP contribution in [0.25, 0.3) is 0 Å². The molecule has 0 rings (SSSR count). The van der Waals surface area contributed by atoms with Crippen LogP contribution in [0.1, 0.15) is 143 Å². The molecule has 7 unspecified atom stereocenters. The van der Waals surface area contributed by atoms with E-state index < -0.39 is 54.9 Å². The van der Waals surface area contributed by atoms with Crippen molar-refractivity contribution in [2.45, 2.75) is 167 Å². The third-order valence-corrected chi connectivity index (χ3v) is 8.87. The van der Waals surface area contributed by atoms with Crippen LogP contribution < -0.4 is 0 Å². The number of rotatable bonds is 28. The van der Waals surface area contributed by atoms with Crippen LogP contribution in [0, 0.1) is 17.8 Å². The number of hydrogen-bond donors (Lipinski definition) is 7. The van der Waals surface area contributed by atoms with Gasteiger partial charge in [-0.3, -0.25) is 4.79 Å². The van der Waals surface area contributed by atoms with Crippen LogP contribution in [-0.4, -0.2) is 78.8 Å². The molecule has 0 bridgehead atoms. The molecule has 0 aromatic heterocycles. The normalized spacial score (nSPS) is 18.0. The van der Waals surface area contributed by atoms with E-state index in [0.717, 1.165) is 51.4 Å². The Labute approximate surface area is 244 Å². The number of carboxylic acid groups (broad SMARTS) is 1. The van der Waals surface area contributed by atoms with Crippen LogP contribution in [0.4, 0.5) is 0 Å². The van der Waals surface area contributed by atoms with Gasteiger partial charge in [-0.05, 0) is 31.1 Å². The van der Waals surface area contributed by atoms with Crippen LogP contribution in [0.5, 0.6) is 0 Å². The Hall–Kier alpha value is -0.770. The summed E-state index contributed by atoms with van der Waals surface area (Å²) >= 11 is 0. The minimum Gasteiger partial charge on any atom is -0.481 e. The number of aliphatic hydroxyl groups is 6. The molecule has 0 aromatic rings. The Morgan fingerprint density at radius 1 is 0.675 bits per heavy atom. The lowest BCUT2D eigenvalue weighted by atomic mass is 9.68. The summed E-state index contributed by atoms with van der Waals surface area (Å²) in [5.74, 6) is -3.89. The van der Waals surface area contributed by atoms with E-state index in [0.29, 0.717) is 12.8 Å². The molecule has 0 saturated carbocycles. The molecule has 0 fully saturated rings. The van der Waals surface area contributed by atoms with Gasteiger partial charge in [-0.15, -0.1) is 0 Å². The average molecular weight is 577 g/mol. The highest BCUT2D eigenvalue weighted by Gasteiger charge is 2.47. The van der Waals surface area contributed by atoms with Crippen molar-refractivity contribution in [2.75, 3.05) is 13.2 Å². The van der Waals surface area contributed by atoms with Crippen LogP contribution in [0.3, 0.4) is 0 Å². The van der Waals surface area contributed by atoms with E-state index in [4.69, 9.17) is 0 Å². The molecule has 0 spiro atoms. The summed E-state index contributed by atoms with van der Waals surface area (Å²) in [7, 11) is 0. The quantitative estimate of drug-likeness (QED) is 0.0627. The topological polar surface area (TPSA) is 159 Å². The fourth-order valence-electron chi connectivity index (χ4n) is 6.17. The molecule has 8 heteroatoms. The van der Waals surface area contributed by atoms with Gasteiger partial charge >= 0.3 is 5.97 Å². The molecule has 0 aliphatic heterocycles. The second-order valence-electron chi connectivity index (χ2n) is 12.0. The number of carbonyl (C=O) groups is 1. The van der Waals surface area contributed by atoms with Gasteiger partial charge in [0, 0.05) is 0 Å². The molecule has 0 amide bonds. The molecule has 7 atom stereocenters. The van der Waals surface area contributed by atoms with Gasteiger partial charge in [0.25, 0.3) is 0 Å². The molecule has 7 N–H and O–H groups in total. The lowest BCUT2D eigenvalue weighted by Crippen LogP contribution is -2.54. The van der Waals surface area contributed by atoms with Crippen LogP contribution >= 0.6 is 0 Å². The summed E-state index contributed by atoms with van der Waals surface area (Å²) in [6.07, 6.45) is 13.6. The van der Waals surface area contributed by atoms with E-state index in [1.807, 2.05) is 0 Å². The number of carboxylic acids is 1. The van der Waals surface area contributed by atoms with Crippen molar-refractivity contribution in [3.8, 4) is 0 Å². The molecular formula is C32H64O8. The van der Waals surface area contributed by atoms with Crippen molar-refractivity contribution in [1.82, 2.24) is 0 Å². The Balaban J connectivity index is 5.65. The van der Waals surface area contributed by atoms with Crippen molar-refractivity contribution < 1.29 is 40.5 Å². The van der Waals surface area contributed by atoms with E-state index in [9.17, 15) is 40.5 Å². The first-order valence-electron chi connectivity index (χ1n) is 16.3.